The van der Waals surface area contributed by atoms with E-state index in [1.165, 1.54) is 17.3 Å². The number of carbonyl (C=O) groups is 1. The van der Waals surface area contributed by atoms with Gasteiger partial charge in [-0.15, -0.1) is 11.8 Å². The van der Waals surface area contributed by atoms with Gasteiger partial charge >= 0.3 is 5.97 Å². The summed E-state index contributed by atoms with van der Waals surface area (Å²) in [5.41, 5.74) is 1.17. The van der Waals surface area contributed by atoms with Crippen LogP contribution in [0.5, 0.6) is 0 Å². The number of aliphatic carboxylic acids is 1. The van der Waals surface area contributed by atoms with Gasteiger partial charge in [0.15, 0.2) is 0 Å². The van der Waals surface area contributed by atoms with Crippen LogP contribution in [-0.4, -0.2) is 15.8 Å². The van der Waals surface area contributed by atoms with E-state index in [2.05, 4.69) is 0 Å². The van der Waals surface area contributed by atoms with Crippen LogP contribution in [0.2, 0.25) is 0 Å². The summed E-state index contributed by atoms with van der Waals surface area (Å²) >= 11 is 1.51. The van der Waals surface area contributed by atoms with Crippen LogP contribution < -0.4 is 0 Å². The lowest BCUT2D eigenvalue weighted by atomic mass is 10.1. The first-order chi connectivity index (χ1) is 7.73. The van der Waals surface area contributed by atoms with Gasteiger partial charge in [0, 0.05) is 5.75 Å². The number of thioether (sulfide) groups is 1. The molecular formula is C13H14O2S. The molecule has 2 nitrogen and oxygen atoms in total. The molecule has 0 bridgehead atoms. The lowest BCUT2D eigenvalue weighted by molar-refractivity contribution is -0.138. The summed E-state index contributed by atoms with van der Waals surface area (Å²) in [4.78, 5) is 11.3. The smallest absolute Gasteiger partial charge is 0.323 e. The van der Waals surface area contributed by atoms with Crippen LogP contribution in [-0.2, 0) is 10.5 Å². The first kappa shape index (κ1) is 11.3. The molecule has 0 aliphatic heterocycles. The topological polar surface area (TPSA) is 37.3 Å². The standard InChI is InChI=1S/C13H14O2S/c14-12(15)13(8-4-5-9-13)16-10-11-6-2-1-3-7-11/h1-4,6-8H,5,9-10H2,(H,14,15). The van der Waals surface area contributed by atoms with Crippen molar-refractivity contribution in [2.75, 3.05) is 0 Å². The number of carboxylic acids is 1. The monoisotopic (exact) mass is 234 g/mol. The molecule has 0 radical (unpaired) electrons. The molecule has 0 saturated carbocycles. The molecule has 3 heteroatoms. The second-order valence-corrected chi connectivity index (χ2v) is 5.22. The minimum Gasteiger partial charge on any atom is -0.480 e. The fraction of sp³-hybridized carbons (Fsp3) is 0.308. The Morgan fingerprint density at radius 3 is 2.69 bits per heavy atom. The first-order valence-corrected chi connectivity index (χ1v) is 6.30. The molecule has 0 fully saturated rings. The van der Waals surface area contributed by atoms with Gasteiger partial charge in [0.05, 0.1) is 0 Å². The Balaban J connectivity index is 2.03. The molecule has 0 aromatic heterocycles. The van der Waals surface area contributed by atoms with E-state index < -0.39 is 10.7 Å². The highest BCUT2D eigenvalue weighted by molar-refractivity contribution is 8.00. The molecule has 2 rings (SSSR count). The Labute approximate surface area is 99.4 Å². The van der Waals surface area contributed by atoms with Crippen LogP contribution >= 0.6 is 11.8 Å². The normalized spacial score (nSPS) is 23.5. The molecule has 16 heavy (non-hydrogen) atoms. The fourth-order valence-electron chi connectivity index (χ4n) is 1.80. The average Bonchev–Trinajstić information content (AvgIpc) is 2.78. The molecule has 0 amide bonds. The molecule has 0 spiro atoms. The van der Waals surface area contributed by atoms with Gasteiger partial charge in [0.25, 0.3) is 0 Å². The SMILES string of the molecule is O=C(O)C1(SCc2ccccc2)C=CCC1. The molecule has 84 valence electrons. The van der Waals surface area contributed by atoms with Gasteiger partial charge in [-0.3, -0.25) is 4.79 Å². The molecule has 1 unspecified atom stereocenters. The Hall–Kier alpha value is -1.22. The molecule has 1 aromatic carbocycles. The maximum absolute atomic E-state index is 11.3. The van der Waals surface area contributed by atoms with Crippen molar-refractivity contribution in [3.8, 4) is 0 Å². The summed E-state index contributed by atoms with van der Waals surface area (Å²) in [6.45, 7) is 0. The van der Waals surface area contributed by atoms with Crippen LogP contribution in [0, 0.1) is 0 Å². The Morgan fingerprint density at radius 2 is 2.12 bits per heavy atom. The van der Waals surface area contributed by atoms with Gasteiger partial charge in [-0.05, 0) is 18.4 Å². The molecule has 0 saturated heterocycles. The van der Waals surface area contributed by atoms with Gasteiger partial charge in [-0.1, -0.05) is 42.5 Å². The van der Waals surface area contributed by atoms with Crippen molar-refractivity contribution in [2.45, 2.75) is 23.3 Å². The fourth-order valence-corrected chi connectivity index (χ4v) is 3.00. The van der Waals surface area contributed by atoms with Crippen molar-refractivity contribution in [3.63, 3.8) is 0 Å². The third kappa shape index (κ3) is 2.30. The van der Waals surface area contributed by atoms with Gasteiger partial charge in [0.1, 0.15) is 4.75 Å². The lowest BCUT2D eigenvalue weighted by Gasteiger charge is -2.21. The highest BCUT2D eigenvalue weighted by Gasteiger charge is 2.38. The number of benzene rings is 1. The van der Waals surface area contributed by atoms with E-state index in [1.54, 1.807) is 0 Å². The minimum atomic E-state index is -0.720. The van der Waals surface area contributed by atoms with E-state index >= 15 is 0 Å². The summed E-state index contributed by atoms with van der Waals surface area (Å²) < 4.78 is -0.699. The zero-order valence-electron chi connectivity index (χ0n) is 8.93. The second kappa shape index (κ2) is 4.74. The predicted octanol–water partition coefficient (Wildman–Crippen LogP) is 3.09. The van der Waals surface area contributed by atoms with Crippen LogP contribution in [0.1, 0.15) is 18.4 Å². The second-order valence-electron chi connectivity index (χ2n) is 3.91. The van der Waals surface area contributed by atoms with Crippen LogP contribution in [0.4, 0.5) is 0 Å². The molecule has 0 heterocycles. The molecule has 1 aliphatic rings. The van der Waals surface area contributed by atoms with Gasteiger partial charge in [0.2, 0.25) is 0 Å². The van der Waals surface area contributed by atoms with E-state index in [0.29, 0.717) is 6.42 Å². The van der Waals surface area contributed by atoms with Crippen molar-refractivity contribution in [1.29, 1.82) is 0 Å². The number of rotatable bonds is 4. The predicted molar refractivity (Wildman–Crippen MR) is 66.5 cm³/mol. The molecular weight excluding hydrogens is 220 g/mol. The molecule has 1 aromatic rings. The highest BCUT2D eigenvalue weighted by atomic mass is 32.2. The lowest BCUT2D eigenvalue weighted by Crippen LogP contribution is -2.30. The maximum Gasteiger partial charge on any atom is 0.323 e. The van der Waals surface area contributed by atoms with Crippen molar-refractivity contribution >= 4 is 17.7 Å². The Morgan fingerprint density at radius 1 is 1.38 bits per heavy atom. The number of hydrogen-bond donors (Lipinski definition) is 1. The summed E-state index contributed by atoms with van der Waals surface area (Å²) in [7, 11) is 0. The zero-order valence-corrected chi connectivity index (χ0v) is 9.74. The van der Waals surface area contributed by atoms with E-state index in [4.69, 9.17) is 0 Å². The van der Waals surface area contributed by atoms with E-state index in [1.807, 2.05) is 42.5 Å². The summed E-state index contributed by atoms with van der Waals surface area (Å²) in [5.74, 6) is 0.0273. The highest BCUT2D eigenvalue weighted by Crippen LogP contribution is 2.38. The zero-order chi connectivity index (χ0) is 11.4. The van der Waals surface area contributed by atoms with Crippen molar-refractivity contribution in [3.05, 3.63) is 48.0 Å². The van der Waals surface area contributed by atoms with Crippen molar-refractivity contribution < 1.29 is 9.90 Å². The Kier molecular flexibility index (Phi) is 3.34. The third-order valence-corrected chi connectivity index (χ3v) is 4.28. The summed E-state index contributed by atoms with van der Waals surface area (Å²) in [6, 6.07) is 9.99. The largest absolute Gasteiger partial charge is 0.480 e. The van der Waals surface area contributed by atoms with E-state index in [0.717, 1.165) is 12.2 Å². The molecule has 1 aliphatic carbocycles. The van der Waals surface area contributed by atoms with Gasteiger partial charge < -0.3 is 5.11 Å². The van der Waals surface area contributed by atoms with Gasteiger partial charge in [-0.2, -0.15) is 0 Å². The molecule has 1 N–H and O–H groups in total. The quantitative estimate of drug-likeness (QED) is 0.813. The summed E-state index contributed by atoms with van der Waals surface area (Å²) in [6.07, 6.45) is 5.38. The summed E-state index contributed by atoms with van der Waals surface area (Å²) in [5, 5.41) is 9.27. The van der Waals surface area contributed by atoms with Crippen molar-refractivity contribution in [1.82, 2.24) is 0 Å². The molecule has 1 atom stereocenters. The van der Waals surface area contributed by atoms with Crippen LogP contribution in [0.25, 0.3) is 0 Å². The average molecular weight is 234 g/mol. The number of carboxylic acid groups (broad SMARTS) is 1. The van der Waals surface area contributed by atoms with Crippen molar-refractivity contribution in [2.24, 2.45) is 0 Å². The Bertz CT molecular complexity index is 400. The van der Waals surface area contributed by atoms with Gasteiger partial charge in [-0.25, -0.2) is 0 Å². The van der Waals surface area contributed by atoms with Crippen LogP contribution in [0.15, 0.2) is 42.5 Å². The minimum absolute atomic E-state index is 0.699. The van der Waals surface area contributed by atoms with E-state index in [9.17, 15) is 9.90 Å². The first-order valence-electron chi connectivity index (χ1n) is 5.32. The third-order valence-electron chi connectivity index (χ3n) is 2.77. The van der Waals surface area contributed by atoms with Crippen LogP contribution in [0.3, 0.4) is 0 Å². The number of hydrogen-bond acceptors (Lipinski definition) is 2. The maximum atomic E-state index is 11.3. The van der Waals surface area contributed by atoms with E-state index in [-0.39, 0.29) is 0 Å². The number of allylic oxidation sites excluding steroid dienone is 1.